The maximum Gasteiger partial charge on any atom is 0.339 e. The predicted octanol–water partition coefficient (Wildman–Crippen LogP) is 3.16. The molecule has 0 amide bonds. The Morgan fingerprint density at radius 2 is 1.36 bits per heavy atom. The van der Waals surface area contributed by atoms with Crippen molar-refractivity contribution >= 4 is 43.2 Å². The lowest BCUT2D eigenvalue weighted by Crippen LogP contribution is -2.10. The quantitative estimate of drug-likeness (QED) is 0.761. The van der Waals surface area contributed by atoms with Crippen LogP contribution in [0.15, 0.2) is 52.3 Å². The average molecular weight is 381 g/mol. The second-order valence-corrected chi connectivity index (χ2v) is 8.73. The number of hydrogen-bond acceptors (Lipinski definition) is 5. The van der Waals surface area contributed by atoms with Crippen molar-refractivity contribution in [2.24, 2.45) is 0 Å². The molecule has 0 unspecified atom stereocenters. The SMILES string of the molecule is CS(=O)(=O)c1ccc(S(=O)(=O)Oc2ccc(Cl)c(Cl)c2)cc1. The standard InChI is InChI=1S/C13H10Cl2O5S2/c1-21(16,17)10-3-5-11(6-4-10)22(18,19)20-9-2-7-12(14)13(15)8-9/h2-8H,1H3. The van der Waals surface area contributed by atoms with Crippen molar-refractivity contribution in [3.05, 3.63) is 52.5 Å². The number of benzene rings is 2. The maximum atomic E-state index is 12.1. The molecule has 0 aliphatic carbocycles. The molecule has 5 nitrogen and oxygen atoms in total. The van der Waals surface area contributed by atoms with Crippen LogP contribution in [-0.4, -0.2) is 23.1 Å². The molecule has 0 aliphatic rings. The van der Waals surface area contributed by atoms with Crippen LogP contribution < -0.4 is 4.18 Å². The van der Waals surface area contributed by atoms with Crippen molar-refractivity contribution in [3.8, 4) is 5.75 Å². The van der Waals surface area contributed by atoms with Gasteiger partial charge in [0.25, 0.3) is 0 Å². The van der Waals surface area contributed by atoms with Crippen LogP contribution in [0, 0.1) is 0 Å². The number of hydrogen-bond donors (Lipinski definition) is 0. The van der Waals surface area contributed by atoms with Crippen LogP contribution in [-0.2, 0) is 20.0 Å². The first kappa shape index (κ1) is 17.1. The predicted molar refractivity (Wildman–Crippen MR) is 83.8 cm³/mol. The van der Waals surface area contributed by atoms with E-state index in [-0.39, 0.29) is 25.6 Å². The van der Waals surface area contributed by atoms with E-state index in [0.717, 1.165) is 18.4 Å². The molecule has 0 N–H and O–H groups in total. The van der Waals surface area contributed by atoms with Crippen LogP contribution in [0.25, 0.3) is 0 Å². The Labute approximate surface area is 138 Å². The van der Waals surface area contributed by atoms with Crippen molar-refractivity contribution in [3.63, 3.8) is 0 Å². The molecule has 0 atom stereocenters. The Morgan fingerprint density at radius 3 is 1.86 bits per heavy atom. The van der Waals surface area contributed by atoms with E-state index in [1.807, 2.05) is 0 Å². The monoisotopic (exact) mass is 380 g/mol. The van der Waals surface area contributed by atoms with Gasteiger partial charge in [-0.3, -0.25) is 0 Å². The van der Waals surface area contributed by atoms with Crippen LogP contribution in [0.5, 0.6) is 5.75 Å². The Bertz CT molecular complexity index is 904. The molecular weight excluding hydrogens is 371 g/mol. The van der Waals surface area contributed by atoms with Gasteiger partial charge < -0.3 is 4.18 Å². The number of halogens is 2. The van der Waals surface area contributed by atoms with Crippen LogP contribution >= 0.6 is 23.2 Å². The highest BCUT2D eigenvalue weighted by atomic mass is 35.5. The lowest BCUT2D eigenvalue weighted by Gasteiger charge is -2.08. The molecule has 9 heteroatoms. The van der Waals surface area contributed by atoms with Gasteiger partial charge in [0.2, 0.25) is 0 Å². The minimum Gasteiger partial charge on any atom is -0.379 e. The van der Waals surface area contributed by atoms with Crippen molar-refractivity contribution in [2.75, 3.05) is 6.26 Å². The molecule has 0 fully saturated rings. The van der Waals surface area contributed by atoms with Gasteiger partial charge in [0.15, 0.2) is 9.84 Å². The number of rotatable bonds is 4. The molecule has 2 aromatic carbocycles. The van der Waals surface area contributed by atoms with E-state index in [4.69, 9.17) is 27.4 Å². The topological polar surface area (TPSA) is 77.5 Å². The highest BCUT2D eigenvalue weighted by Crippen LogP contribution is 2.28. The molecule has 0 aromatic heterocycles. The summed E-state index contributed by atoms with van der Waals surface area (Å²) in [6.07, 6.45) is 1.03. The fourth-order valence-electron chi connectivity index (χ4n) is 1.56. The first-order valence-electron chi connectivity index (χ1n) is 5.79. The first-order chi connectivity index (χ1) is 10.1. The lowest BCUT2D eigenvalue weighted by molar-refractivity contribution is 0.486. The van der Waals surface area contributed by atoms with Crippen molar-refractivity contribution in [2.45, 2.75) is 9.79 Å². The molecule has 0 heterocycles. The molecule has 0 bridgehead atoms. The van der Waals surface area contributed by atoms with E-state index in [2.05, 4.69) is 0 Å². The van der Waals surface area contributed by atoms with Gasteiger partial charge in [-0.15, -0.1) is 0 Å². The summed E-state index contributed by atoms with van der Waals surface area (Å²) in [6, 6.07) is 8.73. The summed E-state index contributed by atoms with van der Waals surface area (Å²) in [5, 5.41) is 0.422. The largest absolute Gasteiger partial charge is 0.379 e. The molecule has 0 radical (unpaired) electrons. The fourth-order valence-corrected chi connectivity index (χ4v) is 3.40. The molecule has 22 heavy (non-hydrogen) atoms. The van der Waals surface area contributed by atoms with Gasteiger partial charge in [-0.1, -0.05) is 23.2 Å². The van der Waals surface area contributed by atoms with E-state index < -0.39 is 20.0 Å². The average Bonchev–Trinajstić information content (AvgIpc) is 2.42. The fraction of sp³-hybridized carbons (Fsp3) is 0.0769. The van der Waals surface area contributed by atoms with Gasteiger partial charge in [0.1, 0.15) is 10.6 Å². The van der Waals surface area contributed by atoms with E-state index in [0.29, 0.717) is 0 Å². The summed E-state index contributed by atoms with van der Waals surface area (Å²) >= 11 is 11.5. The Hall–Kier alpha value is -1.28. The van der Waals surface area contributed by atoms with E-state index in [1.54, 1.807) is 0 Å². The second-order valence-electron chi connectivity index (χ2n) is 4.36. The molecule has 2 aromatic rings. The molecule has 2 rings (SSSR count). The third-order valence-electron chi connectivity index (χ3n) is 2.64. The third kappa shape index (κ3) is 3.92. The Morgan fingerprint density at radius 1 is 0.818 bits per heavy atom. The zero-order valence-electron chi connectivity index (χ0n) is 11.2. The summed E-state index contributed by atoms with van der Waals surface area (Å²) in [7, 11) is -7.50. The Balaban J connectivity index is 2.32. The van der Waals surface area contributed by atoms with Gasteiger partial charge in [0.05, 0.1) is 14.9 Å². The summed E-state index contributed by atoms with van der Waals surface area (Å²) in [6.45, 7) is 0. The van der Waals surface area contributed by atoms with Crippen LogP contribution in [0.3, 0.4) is 0 Å². The van der Waals surface area contributed by atoms with Gasteiger partial charge >= 0.3 is 10.1 Å². The van der Waals surface area contributed by atoms with Crippen LogP contribution in [0.2, 0.25) is 10.0 Å². The summed E-state index contributed by atoms with van der Waals surface area (Å²) in [5.41, 5.74) is 0. The van der Waals surface area contributed by atoms with E-state index in [1.165, 1.54) is 30.3 Å². The zero-order chi connectivity index (χ0) is 16.5. The molecule has 0 saturated carbocycles. The Kier molecular flexibility index (Phi) is 4.72. The summed E-state index contributed by atoms with van der Waals surface area (Å²) < 4.78 is 51.8. The highest BCUT2D eigenvalue weighted by Gasteiger charge is 2.18. The minimum absolute atomic E-state index is 0.00147. The lowest BCUT2D eigenvalue weighted by atomic mass is 10.3. The maximum absolute atomic E-state index is 12.1. The van der Waals surface area contributed by atoms with Gasteiger partial charge in [-0.25, -0.2) is 8.42 Å². The smallest absolute Gasteiger partial charge is 0.339 e. The van der Waals surface area contributed by atoms with Gasteiger partial charge in [0, 0.05) is 12.3 Å². The zero-order valence-corrected chi connectivity index (χ0v) is 14.3. The third-order valence-corrected chi connectivity index (χ3v) is 5.77. The van der Waals surface area contributed by atoms with Crippen LogP contribution in [0.1, 0.15) is 0 Å². The minimum atomic E-state index is -4.10. The molecule has 0 spiro atoms. The second kappa shape index (κ2) is 6.08. The molecule has 0 aliphatic heterocycles. The van der Waals surface area contributed by atoms with Crippen molar-refractivity contribution in [1.29, 1.82) is 0 Å². The van der Waals surface area contributed by atoms with Gasteiger partial charge in [-0.05, 0) is 36.4 Å². The van der Waals surface area contributed by atoms with Gasteiger partial charge in [-0.2, -0.15) is 8.42 Å². The van der Waals surface area contributed by atoms with Crippen molar-refractivity contribution < 1.29 is 21.0 Å². The summed E-state index contributed by atoms with van der Waals surface area (Å²) in [5.74, 6) is 0.00147. The highest BCUT2D eigenvalue weighted by molar-refractivity contribution is 7.90. The molecule has 118 valence electrons. The van der Waals surface area contributed by atoms with E-state index in [9.17, 15) is 16.8 Å². The van der Waals surface area contributed by atoms with Crippen molar-refractivity contribution in [1.82, 2.24) is 0 Å². The normalized spacial score (nSPS) is 12.1. The first-order valence-corrected chi connectivity index (χ1v) is 9.85. The molecule has 0 saturated heterocycles. The van der Waals surface area contributed by atoms with E-state index >= 15 is 0 Å². The summed E-state index contributed by atoms with van der Waals surface area (Å²) in [4.78, 5) is -0.160. The number of sulfone groups is 1. The molecular formula is C13H10Cl2O5S2. The van der Waals surface area contributed by atoms with Crippen LogP contribution in [0.4, 0.5) is 0 Å².